The van der Waals surface area contributed by atoms with Crippen molar-refractivity contribution in [1.29, 1.82) is 0 Å². The quantitative estimate of drug-likeness (QED) is 0.735. The van der Waals surface area contributed by atoms with E-state index < -0.39 is 5.54 Å². The fourth-order valence-electron chi connectivity index (χ4n) is 1.47. The molecule has 0 fully saturated rings. The molecule has 2 N–H and O–H groups in total. The van der Waals surface area contributed by atoms with E-state index >= 15 is 0 Å². The molecule has 1 aromatic rings. The number of aromatic nitrogens is 1. The summed E-state index contributed by atoms with van der Waals surface area (Å²) in [6.45, 7) is 3.76. The van der Waals surface area contributed by atoms with Crippen molar-refractivity contribution < 1.29 is 5.11 Å². The van der Waals surface area contributed by atoms with E-state index in [1.54, 1.807) is 6.20 Å². The SMILES string of the molecule is CN(C)CCNC(C)(CO)c1ccccn1. The molecule has 0 radical (unpaired) electrons. The second kappa shape index (κ2) is 5.94. The Morgan fingerprint density at radius 3 is 2.69 bits per heavy atom. The molecule has 90 valence electrons. The molecular weight excluding hydrogens is 202 g/mol. The topological polar surface area (TPSA) is 48.4 Å². The molecule has 0 saturated heterocycles. The summed E-state index contributed by atoms with van der Waals surface area (Å²) in [7, 11) is 4.05. The molecule has 4 heteroatoms. The van der Waals surface area contributed by atoms with Crippen LogP contribution in [0.5, 0.6) is 0 Å². The molecule has 0 saturated carbocycles. The van der Waals surface area contributed by atoms with Crippen LogP contribution in [0.25, 0.3) is 0 Å². The number of pyridine rings is 1. The third kappa shape index (κ3) is 3.56. The Kier molecular flexibility index (Phi) is 4.86. The first-order chi connectivity index (χ1) is 7.58. The van der Waals surface area contributed by atoms with Gasteiger partial charge < -0.3 is 15.3 Å². The molecule has 0 aliphatic carbocycles. The van der Waals surface area contributed by atoms with Crippen molar-refractivity contribution in [2.24, 2.45) is 0 Å². The lowest BCUT2D eigenvalue weighted by molar-refractivity contribution is 0.168. The number of hydrogen-bond acceptors (Lipinski definition) is 4. The van der Waals surface area contributed by atoms with Gasteiger partial charge in [-0.15, -0.1) is 0 Å². The molecule has 1 rings (SSSR count). The van der Waals surface area contributed by atoms with Crippen molar-refractivity contribution >= 4 is 0 Å². The second-order valence-corrected chi connectivity index (χ2v) is 4.44. The Morgan fingerprint density at radius 2 is 2.19 bits per heavy atom. The summed E-state index contributed by atoms with van der Waals surface area (Å²) < 4.78 is 0. The Labute approximate surface area is 97.3 Å². The molecule has 0 aliphatic heterocycles. The smallest absolute Gasteiger partial charge is 0.0814 e. The molecule has 4 nitrogen and oxygen atoms in total. The normalized spacial score (nSPS) is 15.1. The summed E-state index contributed by atoms with van der Waals surface area (Å²) in [6.07, 6.45) is 1.75. The van der Waals surface area contributed by atoms with Crippen LogP contribution in [0.2, 0.25) is 0 Å². The van der Waals surface area contributed by atoms with E-state index in [1.165, 1.54) is 0 Å². The number of nitrogens with zero attached hydrogens (tertiary/aromatic N) is 2. The zero-order valence-corrected chi connectivity index (χ0v) is 10.3. The number of hydrogen-bond donors (Lipinski definition) is 2. The van der Waals surface area contributed by atoms with Crippen LogP contribution in [0.15, 0.2) is 24.4 Å². The molecule has 1 heterocycles. The van der Waals surface area contributed by atoms with Crippen LogP contribution in [0, 0.1) is 0 Å². The Balaban J connectivity index is 2.63. The molecule has 1 unspecified atom stereocenters. The van der Waals surface area contributed by atoms with E-state index in [1.807, 2.05) is 39.2 Å². The van der Waals surface area contributed by atoms with Crippen LogP contribution >= 0.6 is 0 Å². The van der Waals surface area contributed by atoms with E-state index in [2.05, 4.69) is 15.2 Å². The average Bonchev–Trinajstić information content (AvgIpc) is 2.29. The van der Waals surface area contributed by atoms with Gasteiger partial charge in [-0.3, -0.25) is 4.98 Å². The molecule has 1 atom stereocenters. The first-order valence-electron chi connectivity index (χ1n) is 5.50. The first kappa shape index (κ1) is 13.1. The monoisotopic (exact) mass is 223 g/mol. The van der Waals surface area contributed by atoms with E-state index in [4.69, 9.17) is 0 Å². The van der Waals surface area contributed by atoms with Gasteiger partial charge in [0, 0.05) is 19.3 Å². The van der Waals surface area contributed by atoms with Gasteiger partial charge in [0.25, 0.3) is 0 Å². The molecule has 16 heavy (non-hydrogen) atoms. The standard InChI is InChI=1S/C12H21N3O/c1-12(10-16,14-8-9-15(2)3)11-6-4-5-7-13-11/h4-7,14,16H,8-10H2,1-3H3. The number of rotatable bonds is 6. The summed E-state index contributed by atoms with van der Waals surface area (Å²) >= 11 is 0. The summed E-state index contributed by atoms with van der Waals surface area (Å²) in [5.41, 5.74) is 0.410. The Morgan fingerprint density at radius 1 is 1.44 bits per heavy atom. The van der Waals surface area contributed by atoms with Gasteiger partial charge in [-0.1, -0.05) is 6.07 Å². The largest absolute Gasteiger partial charge is 0.394 e. The van der Waals surface area contributed by atoms with Gasteiger partial charge >= 0.3 is 0 Å². The maximum absolute atomic E-state index is 9.49. The van der Waals surface area contributed by atoms with E-state index in [0.29, 0.717) is 0 Å². The van der Waals surface area contributed by atoms with Gasteiger partial charge in [0.05, 0.1) is 17.8 Å². The molecule has 0 aliphatic rings. The van der Waals surface area contributed by atoms with Gasteiger partial charge in [0.2, 0.25) is 0 Å². The predicted molar refractivity (Wildman–Crippen MR) is 65.2 cm³/mol. The Hall–Kier alpha value is -0.970. The van der Waals surface area contributed by atoms with Gasteiger partial charge in [-0.2, -0.15) is 0 Å². The number of aliphatic hydroxyl groups is 1. The average molecular weight is 223 g/mol. The highest BCUT2D eigenvalue weighted by Gasteiger charge is 2.25. The van der Waals surface area contributed by atoms with Crippen molar-refractivity contribution in [2.75, 3.05) is 33.8 Å². The van der Waals surface area contributed by atoms with Crippen molar-refractivity contribution in [2.45, 2.75) is 12.5 Å². The van der Waals surface area contributed by atoms with Crippen molar-refractivity contribution in [3.63, 3.8) is 0 Å². The van der Waals surface area contributed by atoms with Crippen LogP contribution in [0.3, 0.4) is 0 Å². The second-order valence-electron chi connectivity index (χ2n) is 4.44. The van der Waals surface area contributed by atoms with Crippen LogP contribution in [-0.2, 0) is 5.54 Å². The van der Waals surface area contributed by atoms with Gasteiger partial charge in [-0.25, -0.2) is 0 Å². The van der Waals surface area contributed by atoms with Crippen LogP contribution in [0.1, 0.15) is 12.6 Å². The lowest BCUT2D eigenvalue weighted by atomic mass is 9.98. The predicted octanol–water partition coefficient (Wildman–Crippen LogP) is 0.440. The number of nitrogens with one attached hydrogen (secondary N) is 1. The number of likely N-dealkylation sites (N-methyl/N-ethyl adjacent to an activating group) is 1. The zero-order chi connectivity index (χ0) is 12.0. The molecule has 0 bridgehead atoms. The highest BCUT2D eigenvalue weighted by Crippen LogP contribution is 2.16. The minimum Gasteiger partial charge on any atom is -0.394 e. The summed E-state index contributed by atoms with van der Waals surface area (Å²) in [5.74, 6) is 0. The van der Waals surface area contributed by atoms with Crippen LogP contribution in [0.4, 0.5) is 0 Å². The minimum absolute atomic E-state index is 0.0391. The minimum atomic E-state index is -0.461. The van der Waals surface area contributed by atoms with Gasteiger partial charge in [0.1, 0.15) is 0 Å². The molecule has 1 aromatic heterocycles. The molecule has 0 spiro atoms. The van der Waals surface area contributed by atoms with E-state index in [-0.39, 0.29) is 6.61 Å². The van der Waals surface area contributed by atoms with Crippen LogP contribution < -0.4 is 5.32 Å². The Bertz CT molecular complexity index is 302. The molecule has 0 aromatic carbocycles. The lowest BCUT2D eigenvalue weighted by Crippen LogP contribution is -2.46. The third-order valence-electron chi connectivity index (χ3n) is 2.62. The molecular formula is C12H21N3O. The van der Waals surface area contributed by atoms with Crippen molar-refractivity contribution in [1.82, 2.24) is 15.2 Å². The fraction of sp³-hybridized carbons (Fsp3) is 0.583. The van der Waals surface area contributed by atoms with E-state index in [0.717, 1.165) is 18.8 Å². The van der Waals surface area contributed by atoms with Gasteiger partial charge in [-0.05, 0) is 33.2 Å². The van der Waals surface area contributed by atoms with E-state index in [9.17, 15) is 5.11 Å². The van der Waals surface area contributed by atoms with Crippen molar-refractivity contribution in [3.05, 3.63) is 30.1 Å². The zero-order valence-electron chi connectivity index (χ0n) is 10.3. The highest BCUT2D eigenvalue weighted by molar-refractivity contribution is 5.14. The summed E-state index contributed by atoms with van der Waals surface area (Å²) in [4.78, 5) is 6.38. The maximum atomic E-state index is 9.49. The summed E-state index contributed by atoms with van der Waals surface area (Å²) in [6, 6.07) is 5.74. The maximum Gasteiger partial charge on any atom is 0.0814 e. The first-order valence-corrected chi connectivity index (χ1v) is 5.50. The lowest BCUT2D eigenvalue weighted by Gasteiger charge is -2.29. The fourth-order valence-corrected chi connectivity index (χ4v) is 1.47. The number of aliphatic hydroxyl groups excluding tert-OH is 1. The third-order valence-corrected chi connectivity index (χ3v) is 2.62. The van der Waals surface area contributed by atoms with Gasteiger partial charge in [0.15, 0.2) is 0 Å². The highest BCUT2D eigenvalue weighted by atomic mass is 16.3. The molecule has 0 amide bonds. The van der Waals surface area contributed by atoms with Crippen molar-refractivity contribution in [3.8, 4) is 0 Å². The van der Waals surface area contributed by atoms with Crippen LogP contribution in [-0.4, -0.2) is 48.8 Å². The summed E-state index contributed by atoms with van der Waals surface area (Å²) in [5, 5.41) is 12.8.